The topological polar surface area (TPSA) is 71.7 Å². The first-order chi connectivity index (χ1) is 13.2. The van der Waals surface area contributed by atoms with Crippen molar-refractivity contribution in [3.05, 3.63) is 47.7 Å². The fourth-order valence-electron chi connectivity index (χ4n) is 4.20. The van der Waals surface area contributed by atoms with E-state index in [9.17, 15) is 4.79 Å². The van der Waals surface area contributed by atoms with Crippen LogP contribution in [-0.2, 0) is 16.1 Å². The third-order valence-corrected chi connectivity index (χ3v) is 5.58. The van der Waals surface area contributed by atoms with Crippen molar-refractivity contribution in [2.45, 2.75) is 50.9 Å². The second-order valence-electron chi connectivity index (χ2n) is 7.37. The van der Waals surface area contributed by atoms with Crippen molar-refractivity contribution in [2.24, 2.45) is 0 Å². The highest BCUT2D eigenvalue weighted by Gasteiger charge is 2.43. The van der Waals surface area contributed by atoms with E-state index in [-0.39, 0.29) is 24.1 Å². The largest absolute Gasteiger partial charge is 0.423 e. The van der Waals surface area contributed by atoms with Crippen LogP contribution >= 0.6 is 0 Å². The van der Waals surface area contributed by atoms with Gasteiger partial charge in [0.25, 0.3) is 0 Å². The van der Waals surface area contributed by atoms with E-state index in [1.165, 1.54) is 5.56 Å². The molecule has 2 aliphatic rings. The first-order valence-electron chi connectivity index (χ1n) is 9.57. The van der Waals surface area contributed by atoms with Crippen LogP contribution < -0.4 is 0 Å². The Labute approximate surface area is 159 Å². The first kappa shape index (κ1) is 18.1. The van der Waals surface area contributed by atoms with Gasteiger partial charge in [0.05, 0.1) is 12.1 Å². The van der Waals surface area contributed by atoms with Gasteiger partial charge in [-0.3, -0.25) is 9.69 Å². The van der Waals surface area contributed by atoms with Gasteiger partial charge in [-0.15, -0.1) is 10.2 Å². The minimum Gasteiger partial charge on any atom is -0.423 e. The van der Waals surface area contributed by atoms with Crippen LogP contribution in [-0.4, -0.2) is 58.2 Å². The normalized spacial score (nSPS) is 26.0. The molecule has 2 fully saturated rings. The van der Waals surface area contributed by atoms with Crippen LogP contribution in [0.5, 0.6) is 0 Å². The second-order valence-corrected chi connectivity index (χ2v) is 7.37. The lowest BCUT2D eigenvalue weighted by Crippen LogP contribution is -2.45. The predicted molar refractivity (Wildman–Crippen MR) is 98.8 cm³/mol. The van der Waals surface area contributed by atoms with Crippen molar-refractivity contribution < 1.29 is 13.9 Å². The molecule has 0 radical (unpaired) electrons. The van der Waals surface area contributed by atoms with E-state index in [0.29, 0.717) is 24.7 Å². The molecule has 0 N–H and O–H groups in total. The number of nitrogens with zero attached hydrogens (tertiary/aromatic N) is 4. The fourth-order valence-corrected chi connectivity index (χ4v) is 4.20. The minimum atomic E-state index is -0.206. The Morgan fingerprint density at radius 1 is 1.30 bits per heavy atom. The zero-order valence-electron chi connectivity index (χ0n) is 15.9. The Morgan fingerprint density at radius 3 is 2.81 bits per heavy atom. The Balaban J connectivity index is 1.52. The maximum absolute atomic E-state index is 13.4. The molecule has 7 nitrogen and oxygen atoms in total. The number of hydrogen-bond donors (Lipinski definition) is 0. The van der Waals surface area contributed by atoms with Crippen LogP contribution in [0.3, 0.4) is 0 Å². The molecule has 2 saturated heterocycles. The standard InChI is InChI=1S/C20H26N4O3/c1-14-21-22-19(27-14)18-11-16(26-2)13-24(18)20(25)17-9-6-10-23(17)12-15-7-4-3-5-8-15/h3-5,7-8,16-18H,6,9-13H2,1-2H3/t16-,17?,18+/m0/s1. The maximum atomic E-state index is 13.4. The molecule has 0 bridgehead atoms. The maximum Gasteiger partial charge on any atom is 0.240 e. The van der Waals surface area contributed by atoms with Crippen LogP contribution in [0.2, 0.25) is 0 Å². The number of methoxy groups -OCH3 is 1. The first-order valence-corrected chi connectivity index (χ1v) is 9.57. The molecule has 3 heterocycles. The number of benzene rings is 1. The van der Waals surface area contributed by atoms with Gasteiger partial charge in [-0.2, -0.15) is 0 Å². The lowest BCUT2D eigenvalue weighted by molar-refractivity contribution is -0.138. The zero-order valence-corrected chi connectivity index (χ0v) is 15.9. The minimum absolute atomic E-state index is 0.00451. The molecule has 144 valence electrons. The molecule has 4 rings (SSSR count). The van der Waals surface area contributed by atoms with Crippen LogP contribution in [0.25, 0.3) is 0 Å². The Morgan fingerprint density at radius 2 is 2.11 bits per heavy atom. The van der Waals surface area contributed by atoms with Crippen molar-refractivity contribution in [3.63, 3.8) is 0 Å². The molecule has 3 atom stereocenters. The van der Waals surface area contributed by atoms with Gasteiger partial charge in [-0.05, 0) is 24.9 Å². The van der Waals surface area contributed by atoms with E-state index in [1.807, 2.05) is 23.1 Å². The Hall–Kier alpha value is -2.25. The molecule has 2 aliphatic heterocycles. The van der Waals surface area contributed by atoms with Crippen molar-refractivity contribution in [1.82, 2.24) is 20.0 Å². The summed E-state index contributed by atoms with van der Waals surface area (Å²) >= 11 is 0. The summed E-state index contributed by atoms with van der Waals surface area (Å²) in [6, 6.07) is 10.0. The summed E-state index contributed by atoms with van der Waals surface area (Å²) in [5.74, 6) is 1.17. The van der Waals surface area contributed by atoms with Crippen LogP contribution in [0.15, 0.2) is 34.7 Å². The lowest BCUT2D eigenvalue weighted by Gasteiger charge is -2.30. The highest BCUT2D eigenvalue weighted by Crippen LogP contribution is 2.35. The van der Waals surface area contributed by atoms with Gasteiger partial charge in [0.15, 0.2) is 0 Å². The molecule has 0 aliphatic carbocycles. The Kier molecular flexibility index (Phi) is 5.22. The van der Waals surface area contributed by atoms with Crippen LogP contribution in [0, 0.1) is 6.92 Å². The van der Waals surface area contributed by atoms with Crippen LogP contribution in [0.1, 0.15) is 42.6 Å². The van der Waals surface area contributed by atoms with E-state index >= 15 is 0 Å². The highest BCUT2D eigenvalue weighted by atomic mass is 16.5. The second kappa shape index (κ2) is 7.78. The third-order valence-electron chi connectivity index (χ3n) is 5.58. The molecular formula is C20H26N4O3. The number of aryl methyl sites for hydroxylation is 1. The van der Waals surface area contributed by atoms with E-state index in [2.05, 4.69) is 27.2 Å². The van der Waals surface area contributed by atoms with Gasteiger partial charge in [0.2, 0.25) is 17.7 Å². The number of carbonyl (C=O) groups excluding carboxylic acids is 1. The Bertz CT molecular complexity index is 779. The molecule has 2 aromatic rings. The molecule has 1 amide bonds. The zero-order chi connectivity index (χ0) is 18.8. The number of hydrogen-bond acceptors (Lipinski definition) is 6. The predicted octanol–water partition coefficient (Wildman–Crippen LogP) is 2.33. The van der Waals surface area contributed by atoms with Gasteiger partial charge >= 0.3 is 0 Å². The summed E-state index contributed by atoms with van der Waals surface area (Å²) in [6.45, 7) is 4.07. The van der Waals surface area contributed by atoms with Crippen LogP contribution in [0.4, 0.5) is 0 Å². The van der Waals surface area contributed by atoms with Crippen molar-refractivity contribution in [1.29, 1.82) is 0 Å². The third kappa shape index (κ3) is 3.75. The summed E-state index contributed by atoms with van der Waals surface area (Å²) in [5, 5.41) is 8.10. The average molecular weight is 370 g/mol. The van der Waals surface area contributed by atoms with Gasteiger partial charge in [0, 0.05) is 33.5 Å². The molecule has 27 heavy (non-hydrogen) atoms. The summed E-state index contributed by atoms with van der Waals surface area (Å²) < 4.78 is 11.2. The summed E-state index contributed by atoms with van der Waals surface area (Å²) in [7, 11) is 1.69. The smallest absolute Gasteiger partial charge is 0.240 e. The van der Waals surface area contributed by atoms with E-state index in [0.717, 1.165) is 25.9 Å². The molecule has 1 aromatic carbocycles. The number of aromatic nitrogens is 2. The highest BCUT2D eigenvalue weighted by molar-refractivity contribution is 5.83. The molecule has 1 aromatic heterocycles. The van der Waals surface area contributed by atoms with Gasteiger partial charge in [-0.25, -0.2) is 0 Å². The van der Waals surface area contributed by atoms with E-state index in [1.54, 1.807) is 14.0 Å². The number of rotatable bonds is 5. The number of amides is 1. The van der Waals surface area contributed by atoms with Crippen molar-refractivity contribution in [3.8, 4) is 0 Å². The number of ether oxygens (including phenoxy) is 1. The number of likely N-dealkylation sites (tertiary alicyclic amines) is 2. The average Bonchev–Trinajstić information content (AvgIpc) is 3.41. The summed E-state index contributed by atoms with van der Waals surface area (Å²) in [6.07, 6.45) is 2.61. The molecular weight excluding hydrogens is 344 g/mol. The summed E-state index contributed by atoms with van der Waals surface area (Å²) in [5.41, 5.74) is 1.23. The monoisotopic (exact) mass is 370 g/mol. The molecule has 7 heteroatoms. The van der Waals surface area contributed by atoms with E-state index < -0.39 is 0 Å². The lowest BCUT2D eigenvalue weighted by atomic mass is 10.1. The summed E-state index contributed by atoms with van der Waals surface area (Å²) in [4.78, 5) is 17.6. The van der Waals surface area contributed by atoms with Crippen molar-refractivity contribution >= 4 is 5.91 Å². The molecule has 0 saturated carbocycles. The van der Waals surface area contributed by atoms with Gasteiger partial charge < -0.3 is 14.1 Å². The SMILES string of the molecule is CO[C@H]1C[C@H](c2nnc(C)o2)N(C(=O)C2CCCN2Cc2ccccc2)C1. The van der Waals surface area contributed by atoms with Gasteiger partial charge in [0.1, 0.15) is 6.04 Å². The number of carbonyl (C=O) groups is 1. The van der Waals surface area contributed by atoms with E-state index in [4.69, 9.17) is 9.15 Å². The molecule has 1 unspecified atom stereocenters. The molecule has 0 spiro atoms. The fraction of sp³-hybridized carbons (Fsp3) is 0.550. The quantitative estimate of drug-likeness (QED) is 0.804. The van der Waals surface area contributed by atoms with Gasteiger partial charge in [-0.1, -0.05) is 30.3 Å². The van der Waals surface area contributed by atoms with Crippen molar-refractivity contribution in [2.75, 3.05) is 20.2 Å².